The van der Waals surface area contributed by atoms with Gasteiger partial charge in [0.15, 0.2) is 0 Å². The molecule has 0 atom stereocenters. The Kier molecular flexibility index (Phi) is 4.34. The second-order valence-electron chi connectivity index (χ2n) is 4.87. The second kappa shape index (κ2) is 6.00. The van der Waals surface area contributed by atoms with E-state index in [1.165, 1.54) is 49.7 Å². The summed E-state index contributed by atoms with van der Waals surface area (Å²) in [6.45, 7) is 3.14. The molecule has 1 aliphatic rings. The normalized spacial score (nSPS) is 18.3. The molecule has 1 saturated carbocycles. The highest BCUT2D eigenvalue weighted by Gasteiger charge is 2.11. The number of hydrogen-bond donors (Lipinski definition) is 1. The predicted octanol–water partition coefficient (Wildman–Crippen LogP) is 3.20. The van der Waals surface area contributed by atoms with Crippen LogP contribution in [-0.2, 0) is 6.54 Å². The number of nitrogens with one attached hydrogen (secondary N) is 1. The Bertz CT molecular complexity index is 314. The fourth-order valence-corrected chi connectivity index (χ4v) is 2.42. The molecule has 0 amide bonds. The van der Waals surface area contributed by atoms with Crippen molar-refractivity contribution in [3.8, 4) is 0 Å². The van der Waals surface area contributed by atoms with Crippen LogP contribution in [0.25, 0.3) is 0 Å². The zero-order chi connectivity index (χ0) is 11.2. The van der Waals surface area contributed by atoms with Crippen LogP contribution in [0.15, 0.2) is 18.5 Å². The van der Waals surface area contributed by atoms with Gasteiger partial charge in [-0.05, 0) is 37.0 Å². The Labute approximate surface area is 98.5 Å². The first kappa shape index (κ1) is 11.6. The standard InChI is InChI=1S/C14H22N2/c1-12-8-9-15-10-13(12)11-16-14-6-4-2-3-5-7-14/h8-10,14,16H,2-7,11H2,1H3. The number of nitrogens with zero attached hydrogens (tertiary/aromatic N) is 1. The molecule has 1 aromatic heterocycles. The number of pyridine rings is 1. The fraction of sp³-hybridized carbons (Fsp3) is 0.643. The van der Waals surface area contributed by atoms with Crippen molar-refractivity contribution in [1.29, 1.82) is 0 Å². The SMILES string of the molecule is Cc1ccncc1CNC1CCCCCC1. The molecule has 88 valence electrons. The molecule has 1 N–H and O–H groups in total. The lowest BCUT2D eigenvalue weighted by Crippen LogP contribution is -2.28. The molecule has 0 radical (unpaired) electrons. The zero-order valence-electron chi connectivity index (χ0n) is 10.2. The van der Waals surface area contributed by atoms with E-state index in [1.54, 1.807) is 0 Å². The summed E-state index contributed by atoms with van der Waals surface area (Å²) < 4.78 is 0. The molecule has 1 fully saturated rings. The molecule has 2 heteroatoms. The van der Waals surface area contributed by atoms with Gasteiger partial charge in [0.25, 0.3) is 0 Å². The van der Waals surface area contributed by atoms with Crippen molar-refractivity contribution in [2.45, 2.75) is 58.0 Å². The van der Waals surface area contributed by atoms with Gasteiger partial charge < -0.3 is 5.32 Å². The molecule has 2 nitrogen and oxygen atoms in total. The highest BCUT2D eigenvalue weighted by atomic mass is 14.9. The monoisotopic (exact) mass is 218 g/mol. The molecule has 0 aliphatic heterocycles. The molecule has 1 aliphatic carbocycles. The minimum atomic E-state index is 0.724. The smallest absolute Gasteiger partial charge is 0.0315 e. The maximum atomic E-state index is 4.19. The lowest BCUT2D eigenvalue weighted by Gasteiger charge is -2.16. The van der Waals surface area contributed by atoms with Crippen LogP contribution < -0.4 is 5.32 Å². The summed E-state index contributed by atoms with van der Waals surface area (Å²) in [5, 5.41) is 3.68. The molecule has 1 aromatic rings. The summed E-state index contributed by atoms with van der Waals surface area (Å²) in [6, 6.07) is 2.81. The topological polar surface area (TPSA) is 24.9 Å². The van der Waals surface area contributed by atoms with Crippen LogP contribution >= 0.6 is 0 Å². The highest BCUT2D eigenvalue weighted by molar-refractivity contribution is 5.21. The van der Waals surface area contributed by atoms with Crippen molar-refractivity contribution >= 4 is 0 Å². The van der Waals surface area contributed by atoms with Crippen LogP contribution in [0, 0.1) is 6.92 Å². The van der Waals surface area contributed by atoms with E-state index in [-0.39, 0.29) is 0 Å². The first-order valence-corrected chi connectivity index (χ1v) is 6.49. The van der Waals surface area contributed by atoms with Gasteiger partial charge in [-0.2, -0.15) is 0 Å². The molecule has 16 heavy (non-hydrogen) atoms. The Morgan fingerprint density at radius 2 is 2.00 bits per heavy atom. The highest BCUT2D eigenvalue weighted by Crippen LogP contribution is 2.17. The minimum absolute atomic E-state index is 0.724. The van der Waals surface area contributed by atoms with Gasteiger partial charge in [0, 0.05) is 25.0 Å². The largest absolute Gasteiger partial charge is 0.310 e. The summed E-state index contributed by atoms with van der Waals surface area (Å²) in [7, 11) is 0. The third-order valence-corrected chi connectivity index (χ3v) is 3.58. The average Bonchev–Trinajstić information content (AvgIpc) is 2.56. The van der Waals surface area contributed by atoms with Crippen LogP contribution in [0.2, 0.25) is 0 Å². The van der Waals surface area contributed by atoms with Crippen LogP contribution in [0.5, 0.6) is 0 Å². The molecule has 2 rings (SSSR count). The number of rotatable bonds is 3. The van der Waals surface area contributed by atoms with E-state index in [9.17, 15) is 0 Å². The van der Waals surface area contributed by atoms with Gasteiger partial charge in [0.2, 0.25) is 0 Å². The molecular formula is C14H22N2. The fourth-order valence-electron chi connectivity index (χ4n) is 2.42. The number of aryl methyl sites for hydroxylation is 1. The average molecular weight is 218 g/mol. The third kappa shape index (κ3) is 3.31. The summed E-state index contributed by atoms with van der Waals surface area (Å²) >= 11 is 0. The van der Waals surface area contributed by atoms with Crippen molar-refractivity contribution in [1.82, 2.24) is 10.3 Å². The summed E-state index contributed by atoms with van der Waals surface area (Å²) in [5.41, 5.74) is 2.68. The lowest BCUT2D eigenvalue weighted by molar-refractivity contribution is 0.458. The summed E-state index contributed by atoms with van der Waals surface area (Å²) in [4.78, 5) is 4.19. The first-order chi connectivity index (χ1) is 7.86. The quantitative estimate of drug-likeness (QED) is 0.788. The third-order valence-electron chi connectivity index (χ3n) is 3.58. The van der Waals surface area contributed by atoms with Crippen molar-refractivity contribution in [3.05, 3.63) is 29.6 Å². The van der Waals surface area contributed by atoms with Crippen LogP contribution in [0.3, 0.4) is 0 Å². The maximum absolute atomic E-state index is 4.19. The van der Waals surface area contributed by atoms with E-state index < -0.39 is 0 Å². The van der Waals surface area contributed by atoms with Crippen molar-refractivity contribution < 1.29 is 0 Å². The molecular weight excluding hydrogens is 196 g/mol. The molecule has 1 heterocycles. The van der Waals surface area contributed by atoms with E-state index in [2.05, 4.69) is 23.3 Å². The van der Waals surface area contributed by atoms with Crippen molar-refractivity contribution in [3.63, 3.8) is 0 Å². The molecule has 0 aromatic carbocycles. The first-order valence-electron chi connectivity index (χ1n) is 6.49. The molecule has 0 unspecified atom stereocenters. The van der Waals surface area contributed by atoms with Crippen molar-refractivity contribution in [2.75, 3.05) is 0 Å². The van der Waals surface area contributed by atoms with E-state index in [0.29, 0.717) is 0 Å². The van der Waals surface area contributed by atoms with Crippen LogP contribution in [0.1, 0.15) is 49.7 Å². The van der Waals surface area contributed by atoms with Gasteiger partial charge in [-0.3, -0.25) is 4.98 Å². The predicted molar refractivity (Wildman–Crippen MR) is 67.3 cm³/mol. The zero-order valence-corrected chi connectivity index (χ0v) is 10.2. The summed E-state index contributed by atoms with van der Waals surface area (Å²) in [6.07, 6.45) is 12.2. The van der Waals surface area contributed by atoms with Crippen LogP contribution in [0.4, 0.5) is 0 Å². The van der Waals surface area contributed by atoms with Gasteiger partial charge in [-0.1, -0.05) is 25.7 Å². The summed E-state index contributed by atoms with van der Waals surface area (Å²) in [5.74, 6) is 0. The van der Waals surface area contributed by atoms with Gasteiger partial charge in [-0.15, -0.1) is 0 Å². The van der Waals surface area contributed by atoms with Gasteiger partial charge in [0.05, 0.1) is 0 Å². The lowest BCUT2D eigenvalue weighted by atomic mass is 10.1. The minimum Gasteiger partial charge on any atom is -0.310 e. The molecule has 0 bridgehead atoms. The Hall–Kier alpha value is -0.890. The van der Waals surface area contributed by atoms with Gasteiger partial charge in [0.1, 0.15) is 0 Å². The Balaban J connectivity index is 1.84. The molecule has 0 spiro atoms. The van der Waals surface area contributed by atoms with E-state index in [1.807, 2.05) is 12.4 Å². The Morgan fingerprint density at radius 3 is 2.69 bits per heavy atom. The van der Waals surface area contributed by atoms with E-state index >= 15 is 0 Å². The van der Waals surface area contributed by atoms with Gasteiger partial charge >= 0.3 is 0 Å². The second-order valence-corrected chi connectivity index (χ2v) is 4.87. The molecule has 0 saturated heterocycles. The van der Waals surface area contributed by atoms with Crippen LogP contribution in [-0.4, -0.2) is 11.0 Å². The number of hydrogen-bond acceptors (Lipinski definition) is 2. The van der Waals surface area contributed by atoms with E-state index in [4.69, 9.17) is 0 Å². The maximum Gasteiger partial charge on any atom is 0.0315 e. The number of aromatic nitrogens is 1. The van der Waals surface area contributed by atoms with Gasteiger partial charge in [-0.25, -0.2) is 0 Å². The van der Waals surface area contributed by atoms with Crippen molar-refractivity contribution in [2.24, 2.45) is 0 Å². The Morgan fingerprint density at radius 1 is 1.25 bits per heavy atom. The van der Waals surface area contributed by atoms with E-state index in [0.717, 1.165) is 12.6 Å².